The van der Waals surface area contributed by atoms with Crippen LogP contribution in [0.4, 0.5) is 4.79 Å². The highest BCUT2D eigenvalue weighted by molar-refractivity contribution is 5.67. The number of ether oxygens (including phenoxy) is 1. The highest BCUT2D eigenvalue weighted by Gasteiger charge is 2.31. The first-order valence-corrected chi connectivity index (χ1v) is 5.35. The third-order valence-electron chi connectivity index (χ3n) is 2.91. The van der Waals surface area contributed by atoms with Crippen molar-refractivity contribution in [1.82, 2.24) is 4.90 Å². The van der Waals surface area contributed by atoms with Crippen LogP contribution in [0.3, 0.4) is 0 Å². The van der Waals surface area contributed by atoms with Gasteiger partial charge in [-0.2, -0.15) is 0 Å². The molecule has 5 heteroatoms. The summed E-state index contributed by atoms with van der Waals surface area (Å²) in [5.74, 6) is 0.0675. The molecule has 1 fully saturated rings. The number of methoxy groups -OCH3 is 1. The van der Waals surface area contributed by atoms with Crippen molar-refractivity contribution in [3.05, 3.63) is 0 Å². The molecule has 1 amide bonds. The lowest BCUT2D eigenvalue weighted by Gasteiger charge is -2.37. The number of nitrogens with two attached hydrogens (primary N) is 1. The molecule has 0 aliphatic carbocycles. The van der Waals surface area contributed by atoms with E-state index in [-0.39, 0.29) is 24.2 Å². The van der Waals surface area contributed by atoms with Gasteiger partial charge in [0.15, 0.2) is 0 Å². The van der Waals surface area contributed by atoms with Crippen LogP contribution >= 0.6 is 0 Å². The number of piperidine rings is 1. The molecule has 0 aromatic carbocycles. The fraction of sp³-hybridized carbons (Fsp3) is 0.900. The first-order chi connectivity index (χ1) is 7.08. The van der Waals surface area contributed by atoms with E-state index in [4.69, 9.17) is 5.73 Å². The van der Waals surface area contributed by atoms with Crippen molar-refractivity contribution in [2.24, 2.45) is 11.7 Å². The number of hydrogen-bond donors (Lipinski definition) is 2. The Balaban J connectivity index is 2.59. The first-order valence-electron chi connectivity index (χ1n) is 5.35. The number of carbonyl (C=O) groups is 1. The Morgan fingerprint density at radius 2 is 2.33 bits per heavy atom. The van der Waals surface area contributed by atoms with Crippen LogP contribution < -0.4 is 5.73 Å². The number of aliphatic hydroxyl groups is 1. The van der Waals surface area contributed by atoms with E-state index in [9.17, 15) is 9.90 Å². The average Bonchev–Trinajstić information content (AvgIpc) is 2.26. The van der Waals surface area contributed by atoms with Crippen LogP contribution in [0, 0.1) is 5.92 Å². The molecular formula is C10H20N2O3. The van der Waals surface area contributed by atoms with Gasteiger partial charge in [-0.05, 0) is 12.8 Å². The molecule has 1 saturated heterocycles. The lowest BCUT2D eigenvalue weighted by Crippen LogP contribution is -2.51. The van der Waals surface area contributed by atoms with E-state index < -0.39 is 0 Å². The molecule has 1 aliphatic rings. The Morgan fingerprint density at radius 1 is 1.67 bits per heavy atom. The number of aliphatic hydroxyl groups excluding tert-OH is 1. The smallest absolute Gasteiger partial charge is 0.409 e. The average molecular weight is 216 g/mol. The molecule has 0 bridgehead atoms. The molecule has 0 spiro atoms. The van der Waals surface area contributed by atoms with Crippen LogP contribution in [-0.2, 0) is 4.74 Å². The molecule has 5 nitrogen and oxygen atoms in total. The summed E-state index contributed by atoms with van der Waals surface area (Å²) in [6.07, 6.45) is 0.705. The fourth-order valence-electron chi connectivity index (χ4n) is 2.07. The van der Waals surface area contributed by atoms with Crippen LogP contribution in [0.25, 0.3) is 0 Å². The Morgan fingerprint density at radius 3 is 2.87 bits per heavy atom. The maximum absolute atomic E-state index is 11.3. The van der Waals surface area contributed by atoms with E-state index in [1.165, 1.54) is 7.11 Å². The van der Waals surface area contributed by atoms with E-state index in [1.807, 2.05) is 6.92 Å². The van der Waals surface area contributed by atoms with E-state index in [0.29, 0.717) is 19.5 Å². The van der Waals surface area contributed by atoms with E-state index >= 15 is 0 Å². The van der Waals surface area contributed by atoms with Crippen molar-refractivity contribution in [3.63, 3.8) is 0 Å². The van der Waals surface area contributed by atoms with Crippen molar-refractivity contribution in [1.29, 1.82) is 0 Å². The molecule has 3 atom stereocenters. The van der Waals surface area contributed by atoms with Gasteiger partial charge in [0.2, 0.25) is 0 Å². The second-order valence-corrected chi connectivity index (χ2v) is 4.11. The highest BCUT2D eigenvalue weighted by atomic mass is 16.5. The topological polar surface area (TPSA) is 75.8 Å². The number of hydrogen-bond acceptors (Lipinski definition) is 4. The standard InChI is InChI=1S/C10H20N2O3/c1-3-9(13)7-4-8(11)6-12(5-7)10(14)15-2/h7-9,13H,3-6,11H2,1-2H3. The van der Waals surface area contributed by atoms with Gasteiger partial charge in [0.25, 0.3) is 0 Å². The summed E-state index contributed by atoms with van der Waals surface area (Å²) in [6.45, 7) is 2.97. The molecule has 3 unspecified atom stereocenters. The minimum Gasteiger partial charge on any atom is -0.453 e. The SMILES string of the molecule is CCC(O)C1CC(N)CN(C(=O)OC)C1. The van der Waals surface area contributed by atoms with Gasteiger partial charge in [0, 0.05) is 25.0 Å². The van der Waals surface area contributed by atoms with Gasteiger partial charge in [0.1, 0.15) is 0 Å². The van der Waals surface area contributed by atoms with Crippen LogP contribution in [0.5, 0.6) is 0 Å². The summed E-state index contributed by atoms with van der Waals surface area (Å²) in [4.78, 5) is 12.9. The molecule has 1 aliphatic heterocycles. The predicted octanol–water partition coefficient (Wildman–Crippen LogP) is 0.173. The normalized spacial score (nSPS) is 28.7. The minimum atomic E-state index is -0.386. The molecule has 15 heavy (non-hydrogen) atoms. The zero-order chi connectivity index (χ0) is 11.4. The Labute approximate surface area is 90.2 Å². The number of nitrogens with zero attached hydrogens (tertiary/aromatic N) is 1. The number of carbonyl (C=O) groups excluding carboxylic acids is 1. The van der Waals surface area contributed by atoms with E-state index in [0.717, 1.165) is 6.42 Å². The number of amides is 1. The van der Waals surface area contributed by atoms with Gasteiger partial charge in [-0.3, -0.25) is 0 Å². The molecule has 0 radical (unpaired) electrons. The molecule has 0 saturated carbocycles. The largest absolute Gasteiger partial charge is 0.453 e. The lowest BCUT2D eigenvalue weighted by molar-refractivity contribution is 0.0378. The summed E-state index contributed by atoms with van der Waals surface area (Å²) in [5.41, 5.74) is 5.84. The summed E-state index contributed by atoms with van der Waals surface area (Å²) in [7, 11) is 1.35. The zero-order valence-corrected chi connectivity index (χ0v) is 9.35. The van der Waals surface area contributed by atoms with Crippen LogP contribution in [0.1, 0.15) is 19.8 Å². The molecule has 0 aromatic heterocycles. The quantitative estimate of drug-likeness (QED) is 0.690. The molecule has 0 aromatic rings. The Hall–Kier alpha value is -0.810. The fourth-order valence-corrected chi connectivity index (χ4v) is 2.07. The van der Waals surface area contributed by atoms with Crippen LogP contribution in [-0.4, -0.2) is 48.4 Å². The monoisotopic (exact) mass is 216 g/mol. The summed E-state index contributed by atoms with van der Waals surface area (Å²) in [5, 5.41) is 9.74. The number of rotatable bonds is 2. The van der Waals surface area contributed by atoms with Gasteiger partial charge in [-0.15, -0.1) is 0 Å². The van der Waals surface area contributed by atoms with Crippen molar-refractivity contribution in [2.75, 3.05) is 20.2 Å². The van der Waals surface area contributed by atoms with Crippen LogP contribution in [0.2, 0.25) is 0 Å². The van der Waals surface area contributed by atoms with Gasteiger partial charge in [-0.1, -0.05) is 6.92 Å². The molecule has 1 rings (SSSR count). The Kier molecular flexibility index (Phi) is 4.35. The van der Waals surface area contributed by atoms with Gasteiger partial charge < -0.3 is 20.5 Å². The van der Waals surface area contributed by atoms with Crippen molar-refractivity contribution < 1.29 is 14.6 Å². The second-order valence-electron chi connectivity index (χ2n) is 4.11. The minimum absolute atomic E-state index is 0.0657. The maximum atomic E-state index is 11.3. The Bertz CT molecular complexity index is 223. The van der Waals surface area contributed by atoms with Crippen LogP contribution in [0.15, 0.2) is 0 Å². The maximum Gasteiger partial charge on any atom is 0.409 e. The van der Waals surface area contributed by atoms with Gasteiger partial charge in [-0.25, -0.2) is 4.79 Å². The second kappa shape index (κ2) is 5.32. The van der Waals surface area contributed by atoms with Gasteiger partial charge >= 0.3 is 6.09 Å². The van der Waals surface area contributed by atoms with E-state index in [1.54, 1.807) is 4.90 Å². The molecule has 88 valence electrons. The van der Waals surface area contributed by atoms with E-state index in [2.05, 4.69) is 4.74 Å². The lowest BCUT2D eigenvalue weighted by atomic mass is 9.89. The highest BCUT2D eigenvalue weighted by Crippen LogP contribution is 2.21. The predicted molar refractivity (Wildman–Crippen MR) is 56.4 cm³/mol. The van der Waals surface area contributed by atoms with Crippen molar-refractivity contribution in [2.45, 2.75) is 31.9 Å². The van der Waals surface area contributed by atoms with Gasteiger partial charge in [0.05, 0.1) is 13.2 Å². The summed E-state index contributed by atoms with van der Waals surface area (Å²) in [6, 6.07) is -0.0657. The third-order valence-corrected chi connectivity index (χ3v) is 2.91. The summed E-state index contributed by atoms with van der Waals surface area (Å²) < 4.78 is 4.65. The molecular weight excluding hydrogens is 196 g/mol. The first kappa shape index (κ1) is 12.3. The molecule has 3 N–H and O–H groups in total. The zero-order valence-electron chi connectivity index (χ0n) is 9.35. The third kappa shape index (κ3) is 3.07. The van der Waals surface area contributed by atoms with Crippen molar-refractivity contribution in [3.8, 4) is 0 Å². The number of likely N-dealkylation sites (tertiary alicyclic amines) is 1. The van der Waals surface area contributed by atoms with Crippen molar-refractivity contribution >= 4 is 6.09 Å². The molecule has 1 heterocycles. The summed E-state index contributed by atoms with van der Waals surface area (Å²) >= 11 is 0.